The molecular weight excluding hydrogens is 441 g/mol. The van der Waals surface area contributed by atoms with Crippen LogP contribution in [0.15, 0.2) is 66.9 Å². The van der Waals surface area contributed by atoms with Crippen molar-refractivity contribution in [3.63, 3.8) is 0 Å². The number of pyridine rings is 1. The van der Waals surface area contributed by atoms with Crippen molar-refractivity contribution in [3.05, 3.63) is 94.5 Å². The summed E-state index contributed by atoms with van der Waals surface area (Å²) in [5, 5.41) is 3.55. The molecule has 0 saturated carbocycles. The molecule has 0 aliphatic carbocycles. The van der Waals surface area contributed by atoms with E-state index in [2.05, 4.69) is 15.2 Å². The molecule has 0 radical (unpaired) electrons. The molecule has 0 bridgehead atoms. The Hall–Kier alpha value is -3.09. The molecule has 6 rings (SSSR count). The van der Waals surface area contributed by atoms with E-state index in [1.165, 1.54) is 12.1 Å². The topological polar surface area (TPSA) is 62.3 Å². The van der Waals surface area contributed by atoms with Gasteiger partial charge in [0.25, 0.3) is 0 Å². The van der Waals surface area contributed by atoms with Crippen molar-refractivity contribution in [2.75, 3.05) is 11.9 Å². The van der Waals surface area contributed by atoms with Crippen LogP contribution in [0.5, 0.6) is 0 Å². The van der Waals surface area contributed by atoms with Gasteiger partial charge in [-0.3, -0.25) is 19.5 Å². The lowest BCUT2D eigenvalue weighted by atomic mass is 9.69. The first-order chi connectivity index (χ1) is 16.0. The number of nitrogens with one attached hydrogen (secondary N) is 1. The number of fused-ring (bicyclic) bond motifs is 4. The van der Waals surface area contributed by atoms with E-state index in [4.69, 9.17) is 11.6 Å². The molecule has 1 spiro atoms. The van der Waals surface area contributed by atoms with E-state index < -0.39 is 17.3 Å². The Morgan fingerprint density at radius 2 is 1.97 bits per heavy atom. The van der Waals surface area contributed by atoms with Gasteiger partial charge in [-0.25, -0.2) is 4.39 Å². The van der Waals surface area contributed by atoms with Crippen molar-refractivity contribution in [2.24, 2.45) is 5.92 Å². The molecule has 7 heteroatoms. The van der Waals surface area contributed by atoms with Gasteiger partial charge in [0, 0.05) is 34.4 Å². The zero-order chi connectivity index (χ0) is 22.7. The molecule has 2 saturated heterocycles. The summed E-state index contributed by atoms with van der Waals surface area (Å²) in [7, 11) is 0. The molecule has 3 aliphatic heterocycles. The average molecular weight is 462 g/mol. The Bertz CT molecular complexity index is 1270. The molecule has 4 atom stereocenters. The molecule has 1 aromatic heterocycles. The van der Waals surface area contributed by atoms with Crippen molar-refractivity contribution in [3.8, 4) is 0 Å². The van der Waals surface area contributed by atoms with Gasteiger partial charge in [-0.15, -0.1) is 0 Å². The van der Waals surface area contributed by atoms with Crippen LogP contribution in [-0.4, -0.2) is 34.2 Å². The van der Waals surface area contributed by atoms with E-state index in [0.717, 1.165) is 18.4 Å². The van der Waals surface area contributed by atoms with E-state index in [-0.39, 0.29) is 23.7 Å². The molecule has 1 N–H and O–H groups in total. The highest BCUT2D eigenvalue weighted by molar-refractivity contribution is 6.30. The fraction of sp³-hybridized carbons (Fsp3) is 0.269. The molecule has 2 fully saturated rings. The number of anilines is 1. The maximum absolute atomic E-state index is 14.5. The normalized spacial score (nSPS) is 28.1. The number of rotatable bonds is 3. The summed E-state index contributed by atoms with van der Waals surface area (Å²) in [6, 6.07) is 17.0. The first-order valence-corrected chi connectivity index (χ1v) is 11.5. The Kier molecular flexibility index (Phi) is 4.64. The number of hydrogen-bond acceptors (Lipinski definition) is 4. The number of carbonyl (C=O) groups is 2. The van der Waals surface area contributed by atoms with Gasteiger partial charge < -0.3 is 5.32 Å². The van der Waals surface area contributed by atoms with Gasteiger partial charge in [-0.2, -0.15) is 0 Å². The summed E-state index contributed by atoms with van der Waals surface area (Å²) < 4.78 is 14.5. The maximum Gasteiger partial charge on any atom is 0.250 e. The van der Waals surface area contributed by atoms with Gasteiger partial charge in [0.2, 0.25) is 5.91 Å². The summed E-state index contributed by atoms with van der Waals surface area (Å²) >= 11 is 6.16. The fourth-order valence-corrected chi connectivity index (χ4v) is 6.39. The van der Waals surface area contributed by atoms with Crippen molar-refractivity contribution in [1.82, 2.24) is 9.88 Å². The molecule has 3 aliphatic rings. The van der Waals surface area contributed by atoms with Crippen LogP contribution in [0.25, 0.3) is 0 Å². The summed E-state index contributed by atoms with van der Waals surface area (Å²) in [6.07, 6.45) is 3.33. The second-order valence-corrected chi connectivity index (χ2v) is 9.38. The summed E-state index contributed by atoms with van der Waals surface area (Å²) in [6.45, 7) is 0.657. The number of benzene rings is 2. The minimum Gasteiger partial charge on any atom is -0.324 e. The first-order valence-electron chi connectivity index (χ1n) is 11.1. The van der Waals surface area contributed by atoms with E-state index >= 15 is 0 Å². The molecule has 166 valence electrons. The highest BCUT2D eigenvalue weighted by Crippen LogP contribution is 2.61. The standard InChI is InChI=1S/C26H21ClFN3O2/c27-16-8-6-15(7-9-16)22-21-5-3-13-31(21)26(23(22)24(32)20-4-1-2-12-29-20)18-14-17(28)10-11-19(18)30-25(26)33/h1-2,4,6-12,14,21-23H,3,5,13H2,(H,30,33)/t21-,22+,23-,26+/m0/s1. The number of carbonyl (C=O) groups excluding carboxylic acids is 2. The van der Waals surface area contributed by atoms with E-state index in [0.29, 0.717) is 28.5 Å². The third-order valence-electron chi connectivity index (χ3n) is 7.42. The fourth-order valence-electron chi connectivity index (χ4n) is 6.26. The van der Waals surface area contributed by atoms with Crippen LogP contribution in [0.4, 0.5) is 10.1 Å². The Balaban J connectivity index is 1.63. The monoisotopic (exact) mass is 461 g/mol. The number of ketones is 1. The number of hydrogen-bond donors (Lipinski definition) is 1. The molecule has 33 heavy (non-hydrogen) atoms. The van der Waals surface area contributed by atoms with Crippen molar-refractivity contribution < 1.29 is 14.0 Å². The Labute approximate surface area is 195 Å². The van der Waals surface area contributed by atoms with Gasteiger partial charge in [0.1, 0.15) is 17.1 Å². The lowest BCUT2D eigenvalue weighted by Crippen LogP contribution is -2.53. The van der Waals surface area contributed by atoms with Crippen LogP contribution in [-0.2, 0) is 10.3 Å². The van der Waals surface area contributed by atoms with Gasteiger partial charge in [-0.1, -0.05) is 29.8 Å². The highest BCUT2D eigenvalue weighted by Gasteiger charge is 2.69. The molecule has 4 heterocycles. The Morgan fingerprint density at radius 1 is 1.15 bits per heavy atom. The van der Waals surface area contributed by atoms with Gasteiger partial charge in [0.05, 0.1) is 5.92 Å². The van der Waals surface area contributed by atoms with Gasteiger partial charge in [-0.05, 0) is 67.4 Å². The van der Waals surface area contributed by atoms with Crippen LogP contribution in [0.2, 0.25) is 5.02 Å². The highest BCUT2D eigenvalue weighted by atomic mass is 35.5. The summed E-state index contributed by atoms with van der Waals surface area (Å²) in [5.41, 5.74) is 1.05. The first kappa shape index (κ1) is 20.5. The van der Waals surface area contributed by atoms with E-state index in [1.54, 1.807) is 30.5 Å². The maximum atomic E-state index is 14.5. The smallest absolute Gasteiger partial charge is 0.250 e. The second-order valence-electron chi connectivity index (χ2n) is 8.95. The minimum absolute atomic E-state index is 0.0381. The SMILES string of the molecule is O=C(c1ccccn1)[C@@H]1[C@H](c2ccc(Cl)cc2)[C@@H]2CCCN2[C@@]12C(=O)Nc1ccc(F)cc12. The van der Waals surface area contributed by atoms with E-state index in [9.17, 15) is 14.0 Å². The number of halogens is 2. The van der Waals surface area contributed by atoms with Crippen LogP contribution in [0.3, 0.4) is 0 Å². The lowest BCUT2D eigenvalue weighted by Gasteiger charge is -2.36. The van der Waals surface area contributed by atoms with Crippen LogP contribution >= 0.6 is 11.6 Å². The lowest BCUT2D eigenvalue weighted by molar-refractivity contribution is -0.127. The zero-order valence-electron chi connectivity index (χ0n) is 17.7. The molecular formula is C26H21ClFN3O2. The second kappa shape index (κ2) is 7.47. The molecule has 0 unspecified atom stereocenters. The number of Topliss-reactive ketones (excluding diaryl/α,β-unsaturated/α-hetero) is 1. The van der Waals surface area contributed by atoms with Crippen molar-refractivity contribution in [1.29, 1.82) is 0 Å². The quantitative estimate of drug-likeness (QED) is 0.570. The number of nitrogens with zero attached hydrogens (tertiary/aromatic N) is 2. The van der Waals surface area contributed by atoms with Crippen LogP contribution < -0.4 is 5.32 Å². The third-order valence-corrected chi connectivity index (χ3v) is 7.67. The minimum atomic E-state index is -1.29. The average Bonchev–Trinajstić information content (AvgIpc) is 3.48. The predicted octanol–water partition coefficient (Wildman–Crippen LogP) is 4.78. The van der Waals surface area contributed by atoms with Crippen LogP contribution in [0.1, 0.15) is 40.4 Å². The largest absolute Gasteiger partial charge is 0.324 e. The molecule has 3 aromatic rings. The molecule has 5 nitrogen and oxygen atoms in total. The van der Waals surface area contributed by atoms with Gasteiger partial charge >= 0.3 is 0 Å². The zero-order valence-corrected chi connectivity index (χ0v) is 18.4. The molecule has 2 aromatic carbocycles. The molecule has 1 amide bonds. The van der Waals surface area contributed by atoms with Crippen molar-refractivity contribution in [2.45, 2.75) is 30.3 Å². The van der Waals surface area contributed by atoms with Crippen LogP contribution in [0, 0.1) is 11.7 Å². The van der Waals surface area contributed by atoms with E-state index in [1.807, 2.05) is 24.3 Å². The number of amides is 1. The summed E-state index contributed by atoms with van der Waals surface area (Å²) in [4.78, 5) is 34.4. The summed E-state index contributed by atoms with van der Waals surface area (Å²) in [5.74, 6) is -1.95. The Morgan fingerprint density at radius 3 is 2.73 bits per heavy atom. The van der Waals surface area contributed by atoms with Crippen molar-refractivity contribution >= 4 is 29.0 Å². The number of aromatic nitrogens is 1. The predicted molar refractivity (Wildman–Crippen MR) is 123 cm³/mol. The van der Waals surface area contributed by atoms with Gasteiger partial charge in [0.15, 0.2) is 5.78 Å². The third kappa shape index (κ3) is 2.84.